The molecule has 0 spiro atoms. The van der Waals surface area contributed by atoms with Crippen LogP contribution in [0.2, 0.25) is 0 Å². The van der Waals surface area contributed by atoms with E-state index in [4.69, 9.17) is 0 Å². The third-order valence-electron chi connectivity index (χ3n) is 4.63. The van der Waals surface area contributed by atoms with Gasteiger partial charge in [0, 0.05) is 25.0 Å². The summed E-state index contributed by atoms with van der Waals surface area (Å²) in [5, 5.41) is 21.1. The van der Waals surface area contributed by atoms with Crippen molar-refractivity contribution in [3.05, 3.63) is 36.3 Å². The molecular weight excluding hydrogens is 360 g/mol. The molecule has 0 unspecified atom stereocenters. The van der Waals surface area contributed by atoms with Crippen molar-refractivity contribution < 1.29 is 4.79 Å². The van der Waals surface area contributed by atoms with Gasteiger partial charge in [0.25, 0.3) is 5.91 Å². The van der Waals surface area contributed by atoms with E-state index in [1.807, 2.05) is 0 Å². The lowest BCUT2D eigenvalue weighted by molar-refractivity contribution is 0.0945. The van der Waals surface area contributed by atoms with E-state index in [0.717, 1.165) is 19.5 Å². The molecule has 3 aromatic rings. The molecule has 1 amide bonds. The maximum absolute atomic E-state index is 12.3. The minimum atomic E-state index is -0.306. The minimum absolute atomic E-state index is 0.199. The van der Waals surface area contributed by atoms with Gasteiger partial charge in [0.05, 0.1) is 18.9 Å². The Balaban J connectivity index is 1.27. The summed E-state index contributed by atoms with van der Waals surface area (Å²) in [5.41, 5.74) is 0.844. The van der Waals surface area contributed by atoms with Crippen molar-refractivity contribution in [1.29, 1.82) is 0 Å². The normalized spacial score (nSPS) is 16.8. The van der Waals surface area contributed by atoms with Crippen LogP contribution in [0.1, 0.15) is 42.0 Å². The van der Waals surface area contributed by atoms with Gasteiger partial charge in [-0.15, -0.1) is 5.10 Å². The maximum atomic E-state index is 12.3. The highest BCUT2D eigenvalue weighted by molar-refractivity contribution is 5.91. The number of hydrogen-bond donors (Lipinski definition) is 3. The number of nitrogens with zero attached hydrogens (tertiary/aromatic N) is 7. The first-order chi connectivity index (χ1) is 13.8. The van der Waals surface area contributed by atoms with Crippen molar-refractivity contribution in [2.75, 3.05) is 6.54 Å². The molecule has 1 saturated heterocycles. The zero-order valence-electron chi connectivity index (χ0n) is 15.4. The Labute approximate surface area is 161 Å². The van der Waals surface area contributed by atoms with Crippen molar-refractivity contribution in [2.24, 2.45) is 0 Å². The average molecular weight is 382 g/mol. The molecule has 3 aromatic heterocycles. The maximum Gasteiger partial charge on any atom is 0.273 e. The summed E-state index contributed by atoms with van der Waals surface area (Å²) in [6, 6.07) is 0.519. The van der Waals surface area contributed by atoms with E-state index in [-0.39, 0.29) is 18.1 Å². The predicted molar refractivity (Wildman–Crippen MR) is 98.9 cm³/mol. The quantitative estimate of drug-likeness (QED) is 0.531. The fraction of sp³-hybridized carbons (Fsp3) is 0.471. The van der Waals surface area contributed by atoms with Gasteiger partial charge in [0.15, 0.2) is 5.69 Å². The van der Waals surface area contributed by atoms with E-state index in [9.17, 15) is 4.79 Å². The Bertz CT molecular complexity index is 900. The number of piperidine rings is 1. The van der Waals surface area contributed by atoms with Crippen LogP contribution in [-0.4, -0.2) is 58.6 Å². The molecule has 0 bridgehead atoms. The molecule has 11 heteroatoms. The predicted octanol–water partition coefficient (Wildman–Crippen LogP) is 0.315. The number of aryl methyl sites for hydroxylation is 1. The smallest absolute Gasteiger partial charge is 0.273 e. The first-order valence-electron chi connectivity index (χ1n) is 9.37. The number of carbonyl (C=O) groups is 1. The summed E-state index contributed by atoms with van der Waals surface area (Å²) in [6.07, 6.45) is 11.1. The number of nitrogens with one attached hydrogen (secondary N) is 3. The van der Waals surface area contributed by atoms with Crippen molar-refractivity contribution in [3.8, 4) is 11.5 Å². The third-order valence-corrected chi connectivity index (χ3v) is 4.63. The Morgan fingerprint density at radius 2 is 2.29 bits per heavy atom. The number of aromatic nitrogens is 8. The molecule has 11 nitrogen and oxygen atoms in total. The van der Waals surface area contributed by atoms with Crippen LogP contribution < -0.4 is 10.6 Å². The standard InChI is InChI=1S/C17H22N10O/c28-17(14-11-27(26-23-14)8-4-12-3-1-2-5-19-12)21-10-15-22-16(25-24-15)13-9-18-6-7-20-13/h6-7,9,11-12,19H,1-5,8,10H2,(H,21,28)(H,22,24,25)/t12-/m1/s1. The highest BCUT2D eigenvalue weighted by atomic mass is 16.2. The molecule has 3 N–H and O–H groups in total. The van der Waals surface area contributed by atoms with Crippen LogP contribution in [0, 0.1) is 0 Å². The van der Waals surface area contributed by atoms with E-state index in [0.29, 0.717) is 23.4 Å². The molecule has 1 atom stereocenters. The van der Waals surface area contributed by atoms with E-state index in [1.54, 1.807) is 29.5 Å². The molecule has 1 aliphatic heterocycles. The molecule has 0 radical (unpaired) electrons. The summed E-state index contributed by atoms with van der Waals surface area (Å²) in [4.78, 5) is 24.7. The van der Waals surface area contributed by atoms with Crippen molar-refractivity contribution in [1.82, 2.24) is 50.8 Å². The van der Waals surface area contributed by atoms with Crippen LogP contribution in [-0.2, 0) is 13.1 Å². The number of rotatable bonds is 7. The van der Waals surface area contributed by atoms with Gasteiger partial charge in [-0.1, -0.05) is 11.6 Å². The summed E-state index contributed by atoms with van der Waals surface area (Å²) in [5.74, 6) is 0.642. The first-order valence-corrected chi connectivity index (χ1v) is 9.37. The van der Waals surface area contributed by atoms with E-state index < -0.39 is 0 Å². The summed E-state index contributed by atoms with van der Waals surface area (Å²) in [7, 11) is 0. The number of carbonyl (C=O) groups excluding carboxylic acids is 1. The highest BCUT2D eigenvalue weighted by Gasteiger charge is 2.15. The van der Waals surface area contributed by atoms with Gasteiger partial charge in [-0.05, 0) is 25.8 Å². The van der Waals surface area contributed by atoms with Gasteiger partial charge in [0.1, 0.15) is 11.5 Å². The van der Waals surface area contributed by atoms with Gasteiger partial charge in [-0.3, -0.25) is 19.6 Å². The highest BCUT2D eigenvalue weighted by Crippen LogP contribution is 2.11. The van der Waals surface area contributed by atoms with Gasteiger partial charge in [0.2, 0.25) is 5.82 Å². The lowest BCUT2D eigenvalue weighted by Crippen LogP contribution is -2.34. The number of hydrogen-bond acceptors (Lipinski definition) is 8. The van der Waals surface area contributed by atoms with Gasteiger partial charge < -0.3 is 10.6 Å². The lowest BCUT2D eigenvalue weighted by Gasteiger charge is -2.23. The zero-order chi connectivity index (χ0) is 19.2. The van der Waals surface area contributed by atoms with Crippen molar-refractivity contribution in [3.63, 3.8) is 0 Å². The van der Waals surface area contributed by atoms with Crippen LogP contribution in [0.4, 0.5) is 0 Å². The van der Waals surface area contributed by atoms with Gasteiger partial charge in [-0.25, -0.2) is 9.97 Å². The number of H-pyrrole nitrogens is 1. The number of aromatic amines is 1. The van der Waals surface area contributed by atoms with E-state index >= 15 is 0 Å². The van der Waals surface area contributed by atoms with E-state index in [1.165, 1.54) is 19.3 Å². The average Bonchev–Trinajstić information content (AvgIpc) is 3.42. The van der Waals surface area contributed by atoms with Crippen LogP contribution >= 0.6 is 0 Å². The fourth-order valence-corrected chi connectivity index (χ4v) is 3.13. The van der Waals surface area contributed by atoms with Crippen LogP contribution in [0.5, 0.6) is 0 Å². The molecule has 0 aromatic carbocycles. The summed E-state index contributed by atoms with van der Waals surface area (Å²) < 4.78 is 1.71. The lowest BCUT2D eigenvalue weighted by atomic mass is 10.0. The Morgan fingerprint density at radius 3 is 3.11 bits per heavy atom. The molecule has 0 aliphatic carbocycles. The number of amides is 1. The Hall–Kier alpha value is -3.21. The molecular formula is C17H22N10O. The van der Waals surface area contributed by atoms with Crippen molar-refractivity contribution in [2.45, 2.75) is 44.8 Å². The SMILES string of the molecule is O=C(NCc1nc(-c2cnccn2)n[nH]1)c1cn(CC[C@H]2CCCCN2)nn1. The molecule has 1 aliphatic rings. The second-order valence-electron chi connectivity index (χ2n) is 6.68. The summed E-state index contributed by atoms with van der Waals surface area (Å²) in [6.45, 7) is 2.02. The topological polar surface area (TPSA) is 139 Å². The fourth-order valence-electron chi connectivity index (χ4n) is 3.13. The molecule has 4 rings (SSSR count). The van der Waals surface area contributed by atoms with E-state index in [2.05, 4.69) is 46.1 Å². The molecule has 1 fully saturated rings. The van der Waals surface area contributed by atoms with Crippen LogP contribution in [0.3, 0.4) is 0 Å². The molecule has 4 heterocycles. The van der Waals surface area contributed by atoms with Gasteiger partial charge >= 0.3 is 0 Å². The van der Waals surface area contributed by atoms with Gasteiger partial charge in [-0.2, -0.15) is 5.10 Å². The molecule has 28 heavy (non-hydrogen) atoms. The first kappa shape index (κ1) is 18.2. The Kier molecular flexibility index (Phi) is 5.61. The zero-order valence-corrected chi connectivity index (χ0v) is 15.4. The second kappa shape index (κ2) is 8.65. The van der Waals surface area contributed by atoms with Crippen LogP contribution in [0.25, 0.3) is 11.5 Å². The monoisotopic (exact) mass is 382 g/mol. The largest absolute Gasteiger partial charge is 0.343 e. The molecule has 146 valence electrons. The molecule has 0 saturated carbocycles. The Morgan fingerprint density at radius 1 is 1.32 bits per heavy atom. The second-order valence-corrected chi connectivity index (χ2v) is 6.68. The summed E-state index contributed by atoms with van der Waals surface area (Å²) >= 11 is 0. The van der Waals surface area contributed by atoms with Crippen molar-refractivity contribution >= 4 is 5.91 Å². The minimum Gasteiger partial charge on any atom is -0.343 e. The van der Waals surface area contributed by atoms with Crippen LogP contribution in [0.15, 0.2) is 24.8 Å². The third kappa shape index (κ3) is 4.55.